The van der Waals surface area contributed by atoms with E-state index in [4.69, 9.17) is 10.2 Å². The molecule has 5 nitrogen and oxygen atoms in total. The molecule has 8 heteroatoms. The molecule has 0 unspecified atom stereocenters. The third kappa shape index (κ3) is 3.63. The van der Waals surface area contributed by atoms with E-state index < -0.39 is 5.92 Å². The number of phenolic OH excluding ortho intramolecular Hbond substituents is 1. The van der Waals surface area contributed by atoms with Crippen LogP contribution in [0.1, 0.15) is 74.3 Å². The highest BCUT2D eigenvalue weighted by Gasteiger charge is 2.48. The van der Waals surface area contributed by atoms with Crippen molar-refractivity contribution in [2.24, 2.45) is 0 Å². The van der Waals surface area contributed by atoms with Crippen LogP contribution in [0.4, 0.5) is 14.6 Å². The van der Waals surface area contributed by atoms with Gasteiger partial charge in [0.1, 0.15) is 11.4 Å². The third-order valence-electron chi connectivity index (χ3n) is 8.83. The Morgan fingerprint density at radius 2 is 1.77 bits per heavy atom. The Hall–Kier alpha value is -2.32. The van der Waals surface area contributed by atoms with Crippen LogP contribution in [0.3, 0.4) is 0 Å². The minimum Gasteiger partial charge on any atom is -0.507 e. The van der Waals surface area contributed by atoms with Crippen LogP contribution in [0.25, 0.3) is 21.3 Å². The molecule has 3 aromatic rings. The van der Waals surface area contributed by atoms with E-state index in [1.165, 1.54) is 24.0 Å². The summed E-state index contributed by atoms with van der Waals surface area (Å²) in [5.41, 5.74) is 4.15. The highest BCUT2D eigenvalue weighted by atomic mass is 32.1. The smallest absolute Gasteiger partial charge is 0.251 e. The van der Waals surface area contributed by atoms with E-state index in [0.717, 1.165) is 65.9 Å². The third-order valence-corrected chi connectivity index (χ3v) is 9.72. The molecule has 0 spiro atoms. The van der Waals surface area contributed by atoms with E-state index in [1.54, 1.807) is 11.3 Å². The highest BCUT2D eigenvalue weighted by Crippen LogP contribution is 2.54. The fourth-order valence-corrected chi connectivity index (χ4v) is 7.81. The first-order valence-electron chi connectivity index (χ1n) is 13.0. The SMILES string of the molecule is Oc1c(-c2nnc(N[C@@H]3CCCN(C4CC(F)(F)C4)C3)c3c2C2CCC3CC2)ccc2sccc12. The summed E-state index contributed by atoms with van der Waals surface area (Å²) in [6.45, 7) is 1.68. The Bertz CT molecular complexity index is 1280. The molecule has 0 radical (unpaired) electrons. The maximum atomic E-state index is 13.5. The number of hydrogen-bond donors (Lipinski definition) is 2. The second-order valence-electron chi connectivity index (χ2n) is 11.0. The average Bonchev–Trinajstić information content (AvgIpc) is 3.34. The number of thiophene rings is 1. The Labute approximate surface area is 207 Å². The van der Waals surface area contributed by atoms with Crippen LogP contribution in [0.2, 0.25) is 0 Å². The molecule has 4 aliphatic carbocycles. The number of anilines is 1. The van der Waals surface area contributed by atoms with Gasteiger partial charge in [0, 0.05) is 52.7 Å². The highest BCUT2D eigenvalue weighted by molar-refractivity contribution is 7.17. The zero-order chi connectivity index (χ0) is 23.7. The van der Waals surface area contributed by atoms with Gasteiger partial charge in [-0.25, -0.2) is 8.78 Å². The number of hydrogen-bond acceptors (Lipinski definition) is 6. The number of fused-ring (bicyclic) bond motifs is 3. The predicted octanol–water partition coefficient (Wildman–Crippen LogP) is 6.49. The largest absolute Gasteiger partial charge is 0.507 e. The summed E-state index contributed by atoms with van der Waals surface area (Å²) in [6.07, 6.45) is 6.66. The van der Waals surface area contributed by atoms with Crippen molar-refractivity contribution in [3.63, 3.8) is 0 Å². The molecule has 2 bridgehead atoms. The molecule has 3 fully saturated rings. The normalized spacial score (nSPS) is 28.1. The fourth-order valence-electron chi connectivity index (χ4n) is 7.02. The van der Waals surface area contributed by atoms with Crippen molar-refractivity contribution in [3.8, 4) is 17.0 Å². The topological polar surface area (TPSA) is 61.3 Å². The van der Waals surface area contributed by atoms with Crippen LogP contribution in [0.5, 0.6) is 5.75 Å². The quantitative estimate of drug-likeness (QED) is 0.432. The van der Waals surface area contributed by atoms with E-state index >= 15 is 0 Å². The van der Waals surface area contributed by atoms with Crippen LogP contribution in [0.15, 0.2) is 23.6 Å². The number of aromatic hydroxyl groups is 1. The monoisotopic (exact) mass is 496 g/mol. The van der Waals surface area contributed by atoms with Crippen LogP contribution >= 0.6 is 11.3 Å². The molecule has 2 aromatic heterocycles. The molecule has 2 N–H and O–H groups in total. The number of alkyl halides is 2. The summed E-state index contributed by atoms with van der Waals surface area (Å²) in [5.74, 6) is -0.410. The number of aromatic nitrogens is 2. The van der Waals surface area contributed by atoms with Gasteiger partial charge in [-0.05, 0) is 86.0 Å². The minimum absolute atomic E-state index is 0.00276. The van der Waals surface area contributed by atoms with E-state index in [1.807, 2.05) is 17.5 Å². The lowest BCUT2D eigenvalue weighted by Gasteiger charge is -2.46. The van der Waals surface area contributed by atoms with Gasteiger partial charge in [0.25, 0.3) is 5.92 Å². The number of nitrogens with zero attached hydrogens (tertiary/aromatic N) is 3. The minimum atomic E-state index is -2.48. The zero-order valence-corrected chi connectivity index (χ0v) is 20.5. The Morgan fingerprint density at radius 1 is 1.00 bits per heavy atom. The second kappa shape index (κ2) is 8.10. The molecule has 1 aromatic carbocycles. The fraction of sp³-hybridized carbons (Fsp3) is 0.556. The van der Waals surface area contributed by atoms with Crippen LogP contribution in [-0.2, 0) is 0 Å². The lowest BCUT2D eigenvalue weighted by Crippen LogP contribution is -2.55. The van der Waals surface area contributed by atoms with Gasteiger partial charge < -0.3 is 10.4 Å². The molecular formula is C27H30F2N4OS. The molecule has 3 heterocycles. The van der Waals surface area contributed by atoms with Gasteiger partial charge in [-0.15, -0.1) is 21.5 Å². The number of phenols is 1. The van der Waals surface area contributed by atoms with Crippen molar-refractivity contribution in [3.05, 3.63) is 34.7 Å². The van der Waals surface area contributed by atoms with Crippen molar-refractivity contribution in [2.45, 2.75) is 81.2 Å². The lowest BCUT2D eigenvalue weighted by atomic mass is 9.66. The van der Waals surface area contributed by atoms with Crippen molar-refractivity contribution in [1.82, 2.24) is 15.1 Å². The molecule has 184 valence electrons. The maximum Gasteiger partial charge on any atom is 0.251 e. The van der Waals surface area contributed by atoms with Crippen molar-refractivity contribution >= 4 is 27.2 Å². The first-order valence-corrected chi connectivity index (χ1v) is 13.8. The number of halogens is 2. The molecule has 0 amide bonds. The molecule has 8 rings (SSSR count). The van der Waals surface area contributed by atoms with Gasteiger partial charge >= 0.3 is 0 Å². The molecule has 2 saturated carbocycles. The Morgan fingerprint density at radius 3 is 2.54 bits per heavy atom. The van der Waals surface area contributed by atoms with Crippen LogP contribution in [0, 0.1) is 0 Å². The maximum absolute atomic E-state index is 13.5. The van der Waals surface area contributed by atoms with E-state index in [9.17, 15) is 13.9 Å². The zero-order valence-electron chi connectivity index (χ0n) is 19.6. The van der Waals surface area contributed by atoms with E-state index in [2.05, 4.69) is 16.3 Å². The van der Waals surface area contributed by atoms with Crippen LogP contribution < -0.4 is 5.32 Å². The van der Waals surface area contributed by atoms with Crippen molar-refractivity contribution in [1.29, 1.82) is 0 Å². The second-order valence-corrected chi connectivity index (χ2v) is 11.9. The molecular weight excluding hydrogens is 466 g/mol. The number of benzene rings is 1. The molecule has 1 aliphatic heterocycles. The summed E-state index contributed by atoms with van der Waals surface area (Å²) < 4.78 is 28.0. The molecule has 1 atom stereocenters. The predicted molar refractivity (Wildman–Crippen MR) is 135 cm³/mol. The van der Waals surface area contributed by atoms with Gasteiger partial charge in [-0.3, -0.25) is 4.90 Å². The lowest BCUT2D eigenvalue weighted by molar-refractivity contribution is -0.127. The summed E-state index contributed by atoms with van der Waals surface area (Å²) >= 11 is 1.62. The first-order chi connectivity index (χ1) is 17.0. The summed E-state index contributed by atoms with van der Waals surface area (Å²) in [6, 6.07) is 6.22. The molecule has 5 aliphatic rings. The van der Waals surface area contributed by atoms with E-state index in [-0.39, 0.29) is 24.9 Å². The van der Waals surface area contributed by atoms with Gasteiger partial charge in [-0.2, -0.15) is 0 Å². The van der Waals surface area contributed by atoms with Crippen molar-refractivity contribution in [2.75, 3.05) is 18.4 Å². The average molecular weight is 497 g/mol. The van der Waals surface area contributed by atoms with Crippen molar-refractivity contribution < 1.29 is 13.9 Å². The van der Waals surface area contributed by atoms with Crippen LogP contribution in [-0.4, -0.2) is 51.3 Å². The summed E-state index contributed by atoms with van der Waals surface area (Å²) in [4.78, 5) is 2.24. The Balaban J connectivity index is 1.23. The number of rotatable bonds is 4. The standard InChI is InChI=1S/C27H30F2N4OS/c28-27(29)12-18(13-27)33-10-1-2-17(14-33)30-26-23-16-5-3-15(4-6-16)22(23)24(31-32-26)20-7-8-21-19(25(20)34)9-11-35-21/h7-9,11,15-18,34H,1-6,10,12-14H2,(H,30,32)/t15?,16?,17-/m1/s1. The van der Waals surface area contributed by atoms with Gasteiger partial charge in [-0.1, -0.05) is 0 Å². The number of likely N-dealkylation sites (tertiary alicyclic amines) is 1. The van der Waals surface area contributed by atoms with Gasteiger partial charge in [0.05, 0.1) is 0 Å². The number of nitrogens with one attached hydrogen (secondary N) is 1. The summed E-state index contributed by atoms with van der Waals surface area (Å²) in [7, 11) is 0. The molecule has 35 heavy (non-hydrogen) atoms. The van der Waals surface area contributed by atoms with Gasteiger partial charge in [0.2, 0.25) is 0 Å². The summed E-state index contributed by atoms with van der Waals surface area (Å²) in [5, 5.41) is 27.1. The number of piperidine rings is 1. The Kier molecular flexibility index (Phi) is 5.07. The molecule has 1 saturated heterocycles. The van der Waals surface area contributed by atoms with E-state index in [0.29, 0.717) is 17.6 Å². The first kappa shape index (κ1) is 21.9. The van der Waals surface area contributed by atoms with Gasteiger partial charge in [0.15, 0.2) is 5.82 Å².